The zero-order valence-corrected chi connectivity index (χ0v) is 20.0. The normalized spacial score (nSPS) is 21.0. The molecule has 3 atom stereocenters. The number of nitrogens with one attached hydrogen (secondary N) is 3. The number of halogens is 1. The molecule has 1 aliphatic carbocycles. The second kappa shape index (κ2) is 13.5. The highest BCUT2D eigenvalue weighted by atomic mass is 127. The summed E-state index contributed by atoms with van der Waals surface area (Å²) in [5.41, 5.74) is 0. The van der Waals surface area contributed by atoms with Crippen LogP contribution < -0.4 is 16.0 Å². The Bertz CT molecular complexity index is 611. The molecule has 1 fully saturated rings. The van der Waals surface area contributed by atoms with Crippen molar-refractivity contribution in [2.24, 2.45) is 4.99 Å². The van der Waals surface area contributed by atoms with Crippen LogP contribution in [0.5, 0.6) is 0 Å². The van der Waals surface area contributed by atoms with E-state index in [4.69, 9.17) is 0 Å². The molecule has 0 radical (unpaired) electrons. The molecule has 6 nitrogen and oxygen atoms in total. The summed E-state index contributed by atoms with van der Waals surface area (Å²) >= 11 is 1.45. The summed E-state index contributed by atoms with van der Waals surface area (Å²) in [6.07, 6.45) is 5.03. The van der Waals surface area contributed by atoms with Crippen molar-refractivity contribution >= 4 is 58.0 Å². The van der Waals surface area contributed by atoms with Gasteiger partial charge in [-0.3, -0.25) is 14.0 Å². The van der Waals surface area contributed by atoms with Gasteiger partial charge >= 0.3 is 0 Å². The fourth-order valence-corrected chi connectivity index (χ4v) is 5.12. The lowest BCUT2D eigenvalue weighted by atomic mass is 9.95. The highest BCUT2D eigenvalue weighted by molar-refractivity contribution is 14.0. The van der Waals surface area contributed by atoms with E-state index in [1.807, 2.05) is 24.4 Å². The summed E-state index contributed by atoms with van der Waals surface area (Å²) < 4.78 is 12.1. The summed E-state index contributed by atoms with van der Waals surface area (Å²) in [6, 6.07) is 4.03. The second-order valence-electron chi connectivity index (χ2n) is 6.39. The molecule has 3 unspecified atom stereocenters. The molecule has 1 aliphatic rings. The van der Waals surface area contributed by atoms with Crippen molar-refractivity contribution in [3.63, 3.8) is 0 Å². The molecule has 0 aromatic carbocycles. The minimum Gasteiger partial charge on any atom is -0.356 e. The number of amides is 1. The molecule has 1 saturated carbocycles. The van der Waals surface area contributed by atoms with Crippen LogP contribution in [0.15, 0.2) is 22.5 Å². The van der Waals surface area contributed by atoms with Crippen molar-refractivity contribution in [3.8, 4) is 0 Å². The number of guanidine groups is 1. The van der Waals surface area contributed by atoms with Gasteiger partial charge in [0.05, 0.1) is 4.88 Å². The highest BCUT2D eigenvalue weighted by Gasteiger charge is 2.25. The van der Waals surface area contributed by atoms with E-state index < -0.39 is 10.8 Å². The lowest BCUT2D eigenvalue weighted by Gasteiger charge is -2.30. The van der Waals surface area contributed by atoms with Crippen LogP contribution in [0.2, 0.25) is 0 Å². The molecule has 2 rings (SSSR count). The van der Waals surface area contributed by atoms with E-state index in [0.29, 0.717) is 17.8 Å². The first-order valence-corrected chi connectivity index (χ1v) is 11.6. The minimum atomic E-state index is -0.716. The molecule has 0 bridgehead atoms. The fraction of sp³-hybridized carbons (Fsp3) is 0.667. The first-order valence-electron chi connectivity index (χ1n) is 9.30. The van der Waals surface area contributed by atoms with Gasteiger partial charge in [-0.2, -0.15) is 0 Å². The molecule has 0 saturated heterocycles. The number of aliphatic imine (C=N–C) groups is 1. The van der Waals surface area contributed by atoms with Crippen LogP contribution in [0.1, 0.15) is 48.7 Å². The van der Waals surface area contributed by atoms with Crippen LogP contribution in [0, 0.1) is 0 Å². The number of hydrogen-bond acceptors (Lipinski definition) is 4. The van der Waals surface area contributed by atoms with Gasteiger partial charge in [0.1, 0.15) is 0 Å². The predicted molar refractivity (Wildman–Crippen MR) is 126 cm³/mol. The Morgan fingerprint density at radius 2 is 2.11 bits per heavy atom. The largest absolute Gasteiger partial charge is 0.356 e. The maximum Gasteiger partial charge on any atom is 0.261 e. The van der Waals surface area contributed by atoms with Crippen molar-refractivity contribution < 1.29 is 9.00 Å². The monoisotopic (exact) mass is 526 g/mol. The van der Waals surface area contributed by atoms with Crippen LogP contribution >= 0.6 is 35.3 Å². The van der Waals surface area contributed by atoms with Crippen LogP contribution in [0.4, 0.5) is 0 Å². The maximum atomic E-state index is 12.1. The molecule has 9 heteroatoms. The summed E-state index contributed by atoms with van der Waals surface area (Å²) in [5.74, 6) is 1.50. The molecule has 3 N–H and O–H groups in total. The zero-order chi connectivity index (χ0) is 18.8. The Labute approximate surface area is 185 Å². The van der Waals surface area contributed by atoms with Crippen molar-refractivity contribution in [2.45, 2.75) is 50.3 Å². The number of hydrogen-bond donors (Lipinski definition) is 3. The van der Waals surface area contributed by atoms with Gasteiger partial charge in [0.25, 0.3) is 5.91 Å². The molecule has 0 spiro atoms. The van der Waals surface area contributed by atoms with Gasteiger partial charge in [-0.15, -0.1) is 35.3 Å². The molecule has 1 heterocycles. The van der Waals surface area contributed by atoms with Gasteiger partial charge < -0.3 is 16.0 Å². The standard InChI is InChI=1S/C18H30N4O2S2.HI/c1-3-26(24)15-8-4-7-14(13-15)22-18(19-2)21-11-6-10-20-17(23)16-9-5-12-25-16;/h5,9,12,14-15H,3-4,6-8,10-11,13H2,1-2H3,(H,20,23)(H2,19,21,22);1H. The van der Waals surface area contributed by atoms with Crippen LogP contribution in [-0.4, -0.2) is 53.3 Å². The third kappa shape index (κ3) is 8.47. The lowest BCUT2D eigenvalue weighted by Crippen LogP contribution is -2.47. The quantitative estimate of drug-likeness (QED) is 0.211. The molecule has 27 heavy (non-hydrogen) atoms. The average Bonchev–Trinajstić information content (AvgIpc) is 3.21. The molecule has 1 amide bonds. The fourth-order valence-electron chi connectivity index (χ4n) is 3.13. The second-order valence-corrected chi connectivity index (χ2v) is 9.34. The van der Waals surface area contributed by atoms with Crippen molar-refractivity contribution in [1.82, 2.24) is 16.0 Å². The van der Waals surface area contributed by atoms with Gasteiger partial charge in [0.2, 0.25) is 0 Å². The van der Waals surface area contributed by atoms with E-state index in [2.05, 4.69) is 20.9 Å². The van der Waals surface area contributed by atoms with E-state index in [0.717, 1.165) is 55.2 Å². The Hall–Kier alpha value is -0.680. The van der Waals surface area contributed by atoms with Crippen LogP contribution in [0.3, 0.4) is 0 Å². The van der Waals surface area contributed by atoms with E-state index in [1.165, 1.54) is 11.3 Å². The molecule has 1 aromatic rings. The maximum absolute atomic E-state index is 12.1. The Balaban J connectivity index is 0.00000364. The van der Waals surface area contributed by atoms with E-state index in [1.54, 1.807) is 7.05 Å². The van der Waals surface area contributed by atoms with Crippen molar-refractivity contribution in [2.75, 3.05) is 25.9 Å². The average molecular weight is 527 g/mol. The molecular weight excluding hydrogens is 495 g/mol. The minimum absolute atomic E-state index is 0. The number of carbonyl (C=O) groups is 1. The molecule has 0 aliphatic heterocycles. The van der Waals surface area contributed by atoms with Gasteiger partial charge in [0.15, 0.2) is 5.96 Å². The van der Waals surface area contributed by atoms with Gasteiger partial charge in [-0.25, -0.2) is 0 Å². The zero-order valence-electron chi connectivity index (χ0n) is 16.0. The summed E-state index contributed by atoms with van der Waals surface area (Å²) in [4.78, 5) is 16.9. The summed E-state index contributed by atoms with van der Waals surface area (Å²) in [5, 5.41) is 11.9. The third-order valence-corrected chi connectivity index (χ3v) is 7.13. The van der Waals surface area contributed by atoms with Gasteiger partial charge in [0, 0.05) is 48.0 Å². The number of rotatable bonds is 8. The predicted octanol–water partition coefficient (Wildman–Crippen LogP) is 2.73. The van der Waals surface area contributed by atoms with E-state index in [-0.39, 0.29) is 29.9 Å². The van der Waals surface area contributed by atoms with Crippen LogP contribution in [-0.2, 0) is 10.8 Å². The lowest BCUT2D eigenvalue weighted by molar-refractivity contribution is 0.0957. The van der Waals surface area contributed by atoms with Crippen molar-refractivity contribution in [3.05, 3.63) is 22.4 Å². The van der Waals surface area contributed by atoms with Gasteiger partial charge in [-0.1, -0.05) is 19.4 Å². The first kappa shape index (κ1) is 24.4. The SMILES string of the molecule is CCS(=O)C1CCCC(NC(=NC)NCCCNC(=O)c2cccs2)C1.I. The summed E-state index contributed by atoms with van der Waals surface area (Å²) in [6.45, 7) is 3.36. The molecule has 154 valence electrons. The number of carbonyl (C=O) groups excluding carboxylic acids is 1. The smallest absolute Gasteiger partial charge is 0.261 e. The van der Waals surface area contributed by atoms with E-state index >= 15 is 0 Å². The number of thiophene rings is 1. The van der Waals surface area contributed by atoms with E-state index in [9.17, 15) is 9.00 Å². The van der Waals surface area contributed by atoms with Gasteiger partial charge in [-0.05, 0) is 37.1 Å². The van der Waals surface area contributed by atoms with Crippen molar-refractivity contribution in [1.29, 1.82) is 0 Å². The Morgan fingerprint density at radius 3 is 2.78 bits per heavy atom. The number of nitrogens with zero attached hydrogens (tertiary/aromatic N) is 1. The molecular formula is C18H31IN4O2S2. The third-order valence-electron chi connectivity index (χ3n) is 4.52. The highest BCUT2D eigenvalue weighted by Crippen LogP contribution is 2.22. The molecule has 1 aromatic heterocycles. The Kier molecular flexibility index (Phi) is 12.2. The topological polar surface area (TPSA) is 82.6 Å². The first-order chi connectivity index (χ1) is 12.6. The van der Waals surface area contributed by atoms with Crippen LogP contribution in [0.25, 0.3) is 0 Å². The summed E-state index contributed by atoms with van der Waals surface area (Å²) in [7, 11) is 1.05. The Morgan fingerprint density at radius 1 is 1.33 bits per heavy atom.